The van der Waals surface area contributed by atoms with Crippen LogP contribution in [0.5, 0.6) is 23.0 Å². The molecule has 0 saturated carbocycles. The van der Waals surface area contributed by atoms with Crippen molar-refractivity contribution >= 4 is 11.9 Å². The van der Waals surface area contributed by atoms with Crippen LogP contribution in [0.4, 0.5) is 0 Å². The van der Waals surface area contributed by atoms with Gasteiger partial charge < -0.3 is 14.2 Å². The lowest BCUT2D eigenvalue weighted by atomic mass is 10.2. The van der Waals surface area contributed by atoms with E-state index in [2.05, 4.69) is 0 Å². The van der Waals surface area contributed by atoms with Crippen LogP contribution in [-0.2, 0) is 9.59 Å². The van der Waals surface area contributed by atoms with Crippen LogP contribution in [0.3, 0.4) is 0 Å². The molecule has 0 radical (unpaired) electrons. The topological polar surface area (TPSA) is 61.8 Å². The second-order valence-corrected chi connectivity index (χ2v) is 6.18. The third-order valence-corrected chi connectivity index (χ3v) is 3.81. The maximum atomic E-state index is 12.0. The van der Waals surface area contributed by atoms with Gasteiger partial charge in [-0.15, -0.1) is 0 Å². The van der Waals surface area contributed by atoms with Crippen molar-refractivity contribution in [2.24, 2.45) is 0 Å². The third-order valence-electron chi connectivity index (χ3n) is 3.81. The van der Waals surface area contributed by atoms with Crippen molar-refractivity contribution in [2.45, 2.75) is 52.4 Å². The molecular weight excluding hydrogens is 344 g/mol. The molecule has 0 atom stereocenters. The maximum Gasteiger partial charge on any atom is 0.311 e. The van der Waals surface area contributed by atoms with Crippen molar-refractivity contribution in [1.82, 2.24) is 0 Å². The van der Waals surface area contributed by atoms with Gasteiger partial charge in [0.2, 0.25) is 0 Å². The molecule has 144 valence electrons. The summed E-state index contributed by atoms with van der Waals surface area (Å²) in [5.74, 6) is 0.857. The fourth-order valence-corrected chi connectivity index (χ4v) is 2.33. The highest BCUT2D eigenvalue weighted by Crippen LogP contribution is 2.34. The maximum absolute atomic E-state index is 12.0. The monoisotopic (exact) mass is 370 g/mol. The Balaban J connectivity index is 2.18. The Kier molecular flexibility index (Phi) is 8.36. The molecular formula is C22H26O5. The first kappa shape index (κ1) is 20.5. The van der Waals surface area contributed by atoms with Crippen molar-refractivity contribution < 1.29 is 23.8 Å². The number of esters is 2. The smallest absolute Gasteiger partial charge is 0.311 e. The van der Waals surface area contributed by atoms with E-state index in [4.69, 9.17) is 14.2 Å². The SMILES string of the molecule is CCCCC(=O)Oc1ccc(Oc2ccccc2)cc1OC(=O)CCCC. The minimum Gasteiger partial charge on any atom is -0.457 e. The van der Waals surface area contributed by atoms with Crippen molar-refractivity contribution in [3.05, 3.63) is 48.5 Å². The molecule has 0 N–H and O–H groups in total. The highest BCUT2D eigenvalue weighted by atomic mass is 16.6. The fourth-order valence-electron chi connectivity index (χ4n) is 2.33. The molecule has 0 aliphatic carbocycles. The summed E-state index contributed by atoms with van der Waals surface area (Å²) in [4.78, 5) is 24.0. The lowest BCUT2D eigenvalue weighted by molar-refractivity contribution is -0.137. The van der Waals surface area contributed by atoms with Crippen molar-refractivity contribution in [3.63, 3.8) is 0 Å². The number of unbranched alkanes of at least 4 members (excludes halogenated alkanes) is 2. The number of ether oxygens (including phenoxy) is 3. The molecule has 0 fully saturated rings. The van der Waals surface area contributed by atoms with Gasteiger partial charge >= 0.3 is 11.9 Å². The molecule has 0 aliphatic rings. The van der Waals surface area contributed by atoms with Crippen LogP contribution in [0.15, 0.2) is 48.5 Å². The summed E-state index contributed by atoms with van der Waals surface area (Å²) in [7, 11) is 0. The first-order valence-corrected chi connectivity index (χ1v) is 9.40. The largest absolute Gasteiger partial charge is 0.457 e. The van der Waals surface area contributed by atoms with Gasteiger partial charge in [0, 0.05) is 18.9 Å². The number of para-hydroxylation sites is 1. The molecule has 2 aromatic carbocycles. The van der Waals surface area contributed by atoms with Gasteiger partial charge in [0.15, 0.2) is 11.5 Å². The Labute approximate surface area is 160 Å². The zero-order valence-corrected chi connectivity index (χ0v) is 15.9. The first-order chi connectivity index (χ1) is 13.1. The summed E-state index contributed by atoms with van der Waals surface area (Å²) in [6.07, 6.45) is 3.92. The van der Waals surface area contributed by atoms with Crippen LogP contribution < -0.4 is 14.2 Å². The molecule has 0 aromatic heterocycles. The average Bonchev–Trinajstić information content (AvgIpc) is 2.67. The van der Waals surface area contributed by atoms with E-state index in [1.165, 1.54) is 0 Å². The number of rotatable bonds is 10. The summed E-state index contributed by atoms with van der Waals surface area (Å²) in [5.41, 5.74) is 0. The minimum atomic E-state index is -0.362. The first-order valence-electron chi connectivity index (χ1n) is 9.40. The van der Waals surface area contributed by atoms with E-state index in [0.717, 1.165) is 25.7 Å². The molecule has 27 heavy (non-hydrogen) atoms. The van der Waals surface area contributed by atoms with Crippen LogP contribution >= 0.6 is 0 Å². The molecule has 0 unspecified atom stereocenters. The number of carbonyl (C=O) groups is 2. The number of hydrogen-bond donors (Lipinski definition) is 0. The van der Waals surface area contributed by atoms with Gasteiger partial charge in [0.05, 0.1) is 0 Å². The molecule has 0 saturated heterocycles. The van der Waals surface area contributed by atoms with E-state index >= 15 is 0 Å². The van der Waals surface area contributed by atoms with Gasteiger partial charge in [0.1, 0.15) is 11.5 Å². The quantitative estimate of drug-likeness (QED) is 0.398. The van der Waals surface area contributed by atoms with Gasteiger partial charge in [0.25, 0.3) is 0 Å². The van der Waals surface area contributed by atoms with E-state index in [0.29, 0.717) is 24.3 Å². The summed E-state index contributed by atoms with van der Waals surface area (Å²) in [5, 5.41) is 0. The minimum absolute atomic E-state index is 0.189. The lowest BCUT2D eigenvalue weighted by Crippen LogP contribution is -2.12. The van der Waals surface area contributed by atoms with Crippen LogP contribution in [0.1, 0.15) is 52.4 Å². The third kappa shape index (κ3) is 7.13. The average molecular weight is 370 g/mol. The van der Waals surface area contributed by atoms with Crippen molar-refractivity contribution in [2.75, 3.05) is 0 Å². The molecule has 0 spiro atoms. The van der Waals surface area contributed by atoms with Crippen molar-refractivity contribution in [3.8, 4) is 23.0 Å². The van der Waals surface area contributed by atoms with Crippen LogP contribution in [-0.4, -0.2) is 11.9 Å². The lowest BCUT2D eigenvalue weighted by Gasteiger charge is -2.13. The number of carbonyl (C=O) groups excluding carboxylic acids is 2. The highest BCUT2D eigenvalue weighted by molar-refractivity contribution is 5.76. The number of benzene rings is 2. The summed E-state index contributed by atoms with van der Waals surface area (Å²) >= 11 is 0. The number of hydrogen-bond acceptors (Lipinski definition) is 5. The second kappa shape index (κ2) is 11.0. The normalized spacial score (nSPS) is 10.3. The Morgan fingerprint density at radius 1 is 0.741 bits per heavy atom. The van der Waals surface area contributed by atoms with Gasteiger partial charge in [-0.3, -0.25) is 9.59 Å². The fraction of sp³-hybridized carbons (Fsp3) is 0.364. The van der Waals surface area contributed by atoms with Gasteiger partial charge in [-0.05, 0) is 37.1 Å². The van der Waals surface area contributed by atoms with Crippen LogP contribution in [0, 0.1) is 0 Å². The molecule has 0 bridgehead atoms. The Hall–Kier alpha value is -2.82. The Morgan fingerprint density at radius 2 is 1.33 bits per heavy atom. The highest BCUT2D eigenvalue weighted by Gasteiger charge is 2.15. The van der Waals surface area contributed by atoms with E-state index in [1.54, 1.807) is 18.2 Å². The van der Waals surface area contributed by atoms with E-state index < -0.39 is 0 Å². The predicted molar refractivity (Wildman–Crippen MR) is 103 cm³/mol. The Morgan fingerprint density at radius 3 is 1.93 bits per heavy atom. The zero-order valence-electron chi connectivity index (χ0n) is 15.9. The van der Waals surface area contributed by atoms with Gasteiger partial charge in [-0.2, -0.15) is 0 Å². The molecule has 0 amide bonds. The van der Waals surface area contributed by atoms with Gasteiger partial charge in [-0.25, -0.2) is 0 Å². The second-order valence-electron chi connectivity index (χ2n) is 6.18. The molecule has 2 aromatic rings. The molecule has 0 aliphatic heterocycles. The summed E-state index contributed by atoms with van der Waals surface area (Å²) < 4.78 is 16.6. The molecule has 0 heterocycles. The summed E-state index contributed by atoms with van der Waals surface area (Å²) in [6, 6.07) is 14.1. The summed E-state index contributed by atoms with van der Waals surface area (Å²) in [6.45, 7) is 4.01. The molecule has 5 nitrogen and oxygen atoms in total. The van der Waals surface area contributed by atoms with Crippen LogP contribution in [0.2, 0.25) is 0 Å². The van der Waals surface area contributed by atoms with Crippen molar-refractivity contribution in [1.29, 1.82) is 0 Å². The van der Waals surface area contributed by atoms with Crippen LogP contribution in [0.25, 0.3) is 0 Å². The molecule has 2 rings (SSSR count). The molecule has 5 heteroatoms. The Bertz CT molecular complexity index is 740. The zero-order chi connectivity index (χ0) is 19.5. The van der Waals surface area contributed by atoms with E-state index in [-0.39, 0.29) is 23.4 Å². The van der Waals surface area contributed by atoms with E-state index in [9.17, 15) is 9.59 Å². The van der Waals surface area contributed by atoms with Gasteiger partial charge in [-0.1, -0.05) is 44.9 Å². The predicted octanol–water partition coefficient (Wildman–Crippen LogP) is 5.67. The van der Waals surface area contributed by atoms with E-state index in [1.807, 2.05) is 44.2 Å². The standard InChI is InChI=1S/C22H26O5/c1-3-5-12-21(23)26-19-15-14-18(25-17-10-8-7-9-11-17)16-20(19)27-22(24)13-6-4-2/h7-11,14-16H,3-6,12-13H2,1-2H3.